The van der Waals surface area contributed by atoms with Gasteiger partial charge in [0.1, 0.15) is 0 Å². The number of amides is 2. The van der Waals surface area contributed by atoms with Crippen molar-refractivity contribution < 1.29 is 9.59 Å². The van der Waals surface area contributed by atoms with Crippen LogP contribution in [-0.4, -0.2) is 36.3 Å². The minimum atomic E-state index is -0.0528. The summed E-state index contributed by atoms with van der Waals surface area (Å²) < 4.78 is 0. The summed E-state index contributed by atoms with van der Waals surface area (Å²) in [5, 5.41) is 2.72. The highest BCUT2D eigenvalue weighted by atomic mass is 16.2. The highest BCUT2D eigenvalue weighted by Gasteiger charge is 2.27. The molecule has 16 heavy (non-hydrogen) atoms. The summed E-state index contributed by atoms with van der Waals surface area (Å²) in [6, 6.07) is 0. The largest absolute Gasteiger partial charge is 0.353 e. The standard InChI is InChI=1S/C12H22N2O2/c1-9(12(2,3)4)7-11(16)14-6-5-13-10(15)8-14/h9H,5-8H2,1-4H3,(H,13,15). The van der Waals surface area contributed by atoms with Crippen LogP contribution in [0.2, 0.25) is 0 Å². The molecule has 1 atom stereocenters. The van der Waals surface area contributed by atoms with E-state index in [0.29, 0.717) is 25.4 Å². The molecule has 92 valence electrons. The molecule has 0 spiro atoms. The molecule has 1 heterocycles. The molecule has 1 N–H and O–H groups in total. The number of hydrogen-bond acceptors (Lipinski definition) is 2. The minimum absolute atomic E-state index is 0.0528. The Hall–Kier alpha value is -1.06. The zero-order valence-electron chi connectivity index (χ0n) is 10.7. The highest BCUT2D eigenvalue weighted by Crippen LogP contribution is 2.28. The van der Waals surface area contributed by atoms with Crippen LogP contribution in [0.3, 0.4) is 0 Å². The van der Waals surface area contributed by atoms with Crippen LogP contribution in [0.4, 0.5) is 0 Å². The SMILES string of the molecule is CC(CC(=O)N1CCNC(=O)C1)C(C)(C)C. The number of hydrogen-bond donors (Lipinski definition) is 1. The van der Waals surface area contributed by atoms with Crippen LogP contribution in [-0.2, 0) is 9.59 Å². The van der Waals surface area contributed by atoms with Crippen molar-refractivity contribution in [1.29, 1.82) is 0 Å². The molecule has 1 fully saturated rings. The molecule has 0 saturated carbocycles. The van der Waals surface area contributed by atoms with Gasteiger partial charge in [-0.1, -0.05) is 27.7 Å². The zero-order valence-corrected chi connectivity index (χ0v) is 10.7. The summed E-state index contributed by atoms with van der Waals surface area (Å²) in [6.07, 6.45) is 0.525. The van der Waals surface area contributed by atoms with E-state index < -0.39 is 0 Å². The van der Waals surface area contributed by atoms with E-state index in [2.05, 4.69) is 33.0 Å². The first-order valence-corrected chi connectivity index (χ1v) is 5.85. The van der Waals surface area contributed by atoms with E-state index in [1.54, 1.807) is 4.90 Å². The van der Waals surface area contributed by atoms with Gasteiger partial charge < -0.3 is 10.2 Å². The van der Waals surface area contributed by atoms with E-state index in [-0.39, 0.29) is 23.8 Å². The van der Waals surface area contributed by atoms with Gasteiger partial charge in [-0.15, -0.1) is 0 Å². The van der Waals surface area contributed by atoms with Gasteiger partial charge in [-0.3, -0.25) is 9.59 Å². The molecule has 1 aliphatic heterocycles. The van der Waals surface area contributed by atoms with Gasteiger partial charge in [-0.05, 0) is 11.3 Å². The summed E-state index contributed by atoms with van der Waals surface area (Å²) in [5.41, 5.74) is 0.133. The van der Waals surface area contributed by atoms with E-state index in [4.69, 9.17) is 0 Å². The molecule has 2 amide bonds. The van der Waals surface area contributed by atoms with Crippen molar-refractivity contribution in [3.8, 4) is 0 Å². The Morgan fingerprint density at radius 2 is 2.12 bits per heavy atom. The van der Waals surface area contributed by atoms with Gasteiger partial charge in [-0.25, -0.2) is 0 Å². The summed E-state index contributed by atoms with van der Waals surface area (Å²) in [6.45, 7) is 9.92. The molecule has 1 aliphatic rings. The molecular weight excluding hydrogens is 204 g/mol. The van der Waals surface area contributed by atoms with Crippen molar-refractivity contribution in [2.24, 2.45) is 11.3 Å². The maximum absolute atomic E-state index is 11.9. The first-order valence-electron chi connectivity index (χ1n) is 5.85. The predicted molar refractivity (Wildman–Crippen MR) is 62.8 cm³/mol. The third kappa shape index (κ3) is 3.51. The Bertz CT molecular complexity index is 281. The fraction of sp³-hybridized carbons (Fsp3) is 0.833. The van der Waals surface area contributed by atoms with Crippen molar-refractivity contribution in [3.05, 3.63) is 0 Å². The van der Waals surface area contributed by atoms with Crippen LogP contribution < -0.4 is 5.32 Å². The van der Waals surface area contributed by atoms with Crippen LogP contribution in [0, 0.1) is 11.3 Å². The molecule has 1 rings (SSSR count). The van der Waals surface area contributed by atoms with Crippen molar-refractivity contribution >= 4 is 11.8 Å². The molecule has 4 heteroatoms. The molecule has 0 aromatic rings. The van der Waals surface area contributed by atoms with E-state index in [0.717, 1.165) is 0 Å². The highest BCUT2D eigenvalue weighted by molar-refractivity contribution is 5.85. The van der Waals surface area contributed by atoms with E-state index in [1.165, 1.54) is 0 Å². The van der Waals surface area contributed by atoms with Crippen LogP contribution in [0.25, 0.3) is 0 Å². The second-order valence-electron chi connectivity index (χ2n) is 5.64. The number of rotatable bonds is 2. The Morgan fingerprint density at radius 1 is 1.50 bits per heavy atom. The topological polar surface area (TPSA) is 49.4 Å². The van der Waals surface area contributed by atoms with Gasteiger partial charge in [0, 0.05) is 19.5 Å². The van der Waals surface area contributed by atoms with Gasteiger partial charge in [0.25, 0.3) is 0 Å². The van der Waals surface area contributed by atoms with Gasteiger partial charge in [0.05, 0.1) is 6.54 Å². The number of nitrogens with one attached hydrogen (secondary N) is 1. The van der Waals surface area contributed by atoms with Crippen molar-refractivity contribution in [3.63, 3.8) is 0 Å². The third-order valence-corrected chi connectivity index (χ3v) is 3.35. The van der Waals surface area contributed by atoms with Gasteiger partial charge in [0.2, 0.25) is 11.8 Å². The van der Waals surface area contributed by atoms with Crippen molar-refractivity contribution in [2.75, 3.05) is 19.6 Å². The molecule has 0 aromatic carbocycles. The number of carbonyl (C=O) groups excluding carboxylic acids is 2. The lowest BCUT2D eigenvalue weighted by Crippen LogP contribution is -2.50. The molecule has 0 aromatic heterocycles. The first kappa shape index (κ1) is 13.0. The molecule has 0 aliphatic carbocycles. The Morgan fingerprint density at radius 3 is 2.62 bits per heavy atom. The smallest absolute Gasteiger partial charge is 0.239 e. The lowest BCUT2D eigenvalue weighted by atomic mass is 9.80. The summed E-state index contributed by atoms with van der Waals surface area (Å²) >= 11 is 0. The van der Waals surface area contributed by atoms with Crippen LogP contribution in [0.1, 0.15) is 34.1 Å². The number of nitrogens with zero attached hydrogens (tertiary/aromatic N) is 1. The third-order valence-electron chi connectivity index (χ3n) is 3.35. The number of piperazine rings is 1. The summed E-state index contributed by atoms with van der Waals surface area (Å²) in [7, 11) is 0. The van der Waals surface area contributed by atoms with Crippen molar-refractivity contribution in [1.82, 2.24) is 10.2 Å². The molecule has 0 bridgehead atoms. The lowest BCUT2D eigenvalue weighted by Gasteiger charge is -2.31. The summed E-state index contributed by atoms with van der Waals surface area (Å²) in [5.74, 6) is 0.366. The van der Waals surface area contributed by atoms with Crippen LogP contribution in [0.15, 0.2) is 0 Å². The quantitative estimate of drug-likeness (QED) is 0.764. The maximum Gasteiger partial charge on any atom is 0.239 e. The minimum Gasteiger partial charge on any atom is -0.353 e. The monoisotopic (exact) mass is 226 g/mol. The summed E-state index contributed by atoms with van der Waals surface area (Å²) in [4.78, 5) is 24.8. The van der Waals surface area contributed by atoms with Crippen LogP contribution in [0.5, 0.6) is 0 Å². The van der Waals surface area contributed by atoms with Crippen molar-refractivity contribution in [2.45, 2.75) is 34.1 Å². The van der Waals surface area contributed by atoms with Gasteiger partial charge in [-0.2, -0.15) is 0 Å². The second-order valence-corrected chi connectivity index (χ2v) is 5.64. The van der Waals surface area contributed by atoms with E-state index >= 15 is 0 Å². The van der Waals surface area contributed by atoms with E-state index in [1.807, 2.05) is 0 Å². The molecule has 4 nitrogen and oxygen atoms in total. The molecule has 0 radical (unpaired) electrons. The average molecular weight is 226 g/mol. The average Bonchev–Trinajstić information content (AvgIpc) is 2.16. The lowest BCUT2D eigenvalue weighted by molar-refractivity contribution is -0.139. The molecule has 1 saturated heterocycles. The second kappa shape index (κ2) is 4.85. The Balaban J connectivity index is 2.49. The van der Waals surface area contributed by atoms with Gasteiger partial charge >= 0.3 is 0 Å². The predicted octanol–water partition coefficient (Wildman–Crippen LogP) is 1.02. The molecular formula is C12H22N2O2. The fourth-order valence-corrected chi connectivity index (χ4v) is 1.55. The fourth-order valence-electron chi connectivity index (χ4n) is 1.55. The Kier molecular flexibility index (Phi) is 3.94. The van der Waals surface area contributed by atoms with E-state index in [9.17, 15) is 9.59 Å². The number of carbonyl (C=O) groups is 2. The van der Waals surface area contributed by atoms with Gasteiger partial charge in [0.15, 0.2) is 0 Å². The zero-order chi connectivity index (χ0) is 12.3. The first-order chi connectivity index (χ1) is 7.30. The Labute approximate surface area is 97.4 Å². The normalized spacial score (nSPS) is 19.2. The maximum atomic E-state index is 11.9. The van der Waals surface area contributed by atoms with Crippen LogP contribution >= 0.6 is 0 Å². The molecule has 1 unspecified atom stereocenters.